The summed E-state index contributed by atoms with van der Waals surface area (Å²) in [6.07, 6.45) is -2.74. The number of carbonyl (C=O) groups is 1. The summed E-state index contributed by atoms with van der Waals surface area (Å²) in [5.74, 6) is -1.40. The molecule has 0 bridgehead atoms. The van der Waals surface area contributed by atoms with Crippen LogP contribution in [0, 0.1) is 11.8 Å². The molecule has 3 aliphatic heterocycles. The van der Waals surface area contributed by atoms with Crippen LogP contribution in [-0.2, 0) is 28.5 Å². The lowest BCUT2D eigenvalue weighted by molar-refractivity contribution is -0.348. The molecule has 3 N–H and O–H groups in total. The lowest BCUT2D eigenvalue weighted by atomic mass is 9.77. The monoisotopic (exact) mass is 594 g/mol. The van der Waals surface area contributed by atoms with Gasteiger partial charge < -0.3 is 48.5 Å². The average Bonchev–Trinajstić information content (AvgIpc) is 3.40. The van der Waals surface area contributed by atoms with Crippen LogP contribution in [0.3, 0.4) is 0 Å². The number of phenolic OH excluding ortho intramolecular Hbond substituents is 1. The first-order chi connectivity index (χ1) is 20.7. The van der Waals surface area contributed by atoms with E-state index in [1.165, 1.54) is 14.2 Å². The number of aliphatic hydroxyl groups is 2. The fourth-order valence-electron chi connectivity index (χ4n) is 6.31. The van der Waals surface area contributed by atoms with Gasteiger partial charge in [0.15, 0.2) is 17.8 Å². The number of cyclic esters (lactones) is 1. The quantitative estimate of drug-likeness (QED) is 0.396. The van der Waals surface area contributed by atoms with Gasteiger partial charge in [0.25, 0.3) is 0 Å². The molecule has 43 heavy (non-hydrogen) atoms. The van der Waals surface area contributed by atoms with Crippen LogP contribution < -0.4 is 19.9 Å². The van der Waals surface area contributed by atoms with Crippen molar-refractivity contribution in [3.63, 3.8) is 0 Å². The number of methoxy groups -OCH3 is 2. The van der Waals surface area contributed by atoms with Crippen molar-refractivity contribution in [3.05, 3.63) is 64.6 Å². The van der Waals surface area contributed by atoms with Crippen LogP contribution in [0.5, 0.6) is 17.2 Å². The van der Waals surface area contributed by atoms with Crippen LogP contribution in [0.25, 0.3) is 23.5 Å². The molecule has 228 valence electrons. The Kier molecular flexibility index (Phi) is 7.69. The van der Waals surface area contributed by atoms with Crippen LogP contribution in [-0.4, -0.2) is 85.7 Å². The number of ether oxygens (including phenoxy) is 7. The minimum absolute atomic E-state index is 0.00190. The molecule has 6 rings (SSSR count). The van der Waals surface area contributed by atoms with Crippen molar-refractivity contribution in [2.75, 3.05) is 27.4 Å². The maximum Gasteiger partial charge on any atom is 0.314 e. The van der Waals surface area contributed by atoms with E-state index in [0.29, 0.717) is 27.3 Å². The minimum Gasteiger partial charge on any atom is -0.502 e. The number of hydrogen-bond acceptors (Lipinski definition) is 11. The Hall–Kier alpha value is -3.87. The molecule has 11 heteroatoms. The number of hydrogen-bond donors (Lipinski definition) is 3. The van der Waals surface area contributed by atoms with Crippen molar-refractivity contribution in [3.8, 4) is 17.2 Å². The number of benzene rings is 2. The van der Waals surface area contributed by atoms with E-state index >= 15 is 0 Å². The molecule has 0 unspecified atom stereocenters. The highest BCUT2D eigenvalue weighted by atomic mass is 16.8. The van der Waals surface area contributed by atoms with Crippen molar-refractivity contribution < 1.29 is 53.3 Å². The molecule has 3 fully saturated rings. The molecule has 0 spiro atoms. The lowest BCUT2D eigenvalue weighted by Crippen LogP contribution is -2.63. The smallest absolute Gasteiger partial charge is 0.314 e. The first-order valence-electron chi connectivity index (χ1n) is 13.9. The molecule has 3 saturated heterocycles. The Morgan fingerprint density at radius 1 is 0.930 bits per heavy atom. The average molecular weight is 595 g/mol. The Balaban J connectivity index is 1.59. The predicted octanol–water partition coefficient (Wildman–Crippen LogP) is 1.03. The largest absolute Gasteiger partial charge is 0.502 e. The van der Waals surface area contributed by atoms with Crippen LogP contribution in [0.2, 0.25) is 0 Å². The van der Waals surface area contributed by atoms with Gasteiger partial charge in [-0.05, 0) is 58.7 Å². The Labute approximate surface area is 247 Å². The second kappa shape index (κ2) is 11.3. The van der Waals surface area contributed by atoms with Crippen LogP contribution >= 0.6 is 0 Å². The SMILES string of the molecule is C=Cc1cc2c(cc1C=C)=C(O[C@@H]1O[C@@H]3CO[C@@H](C)O[C@H]3[C@H](O)[C@H]1O)[C@H]1COC(=O)[C@@H]1C=2c1cc(OC)c(O)c(OC)c1. The second-order valence-corrected chi connectivity index (χ2v) is 10.8. The van der Waals surface area contributed by atoms with Gasteiger partial charge in [0.1, 0.15) is 36.8 Å². The third-order valence-corrected chi connectivity index (χ3v) is 8.45. The molecular formula is C32H34O11. The number of aliphatic hydroxyl groups excluding tert-OH is 2. The van der Waals surface area contributed by atoms with Crippen LogP contribution in [0.4, 0.5) is 0 Å². The van der Waals surface area contributed by atoms with E-state index in [1.807, 2.05) is 12.1 Å². The number of rotatable bonds is 7. The molecule has 3 heterocycles. The van der Waals surface area contributed by atoms with Crippen molar-refractivity contribution in [1.29, 1.82) is 0 Å². The third-order valence-electron chi connectivity index (χ3n) is 8.45. The zero-order valence-corrected chi connectivity index (χ0v) is 24.0. The normalized spacial score (nSPS) is 31.3. The summed E-state index contributed by atoms with van der Waals surface area (Å²) in [6, 6.07) is 7.01. The summed E-state index contributed by atoms with van der Waals surface area (Å²) in [6.45, 7) is 9.73. The van der Waals surface area contributed by atoms with E-state index < -0.39 is 54.8 Å². The summed E-state index contributed by atoms with van der Waals surface area (Å²) >= 11 is 0. The Morgan fingerprint density at radius 2 is 1.58 bits per heavy atom. The van der Waals surface area contributed by atoms with E-state index in [2.05, 4.69) is 13.2 Å². The molecule has 0 saturated carbocycles. The molecule has 2 aromatic rings. The summed E-state index contributed by atoms with van der Waals surface area (Å²) in [4.78, 5) is 13.4. The zero-order chi connectivity index (χ0) is 30.6. The second-order valence-electron chi connectivity index (χ2n) is 10.8. The number of carbonyl (C=O) groups excluding carboxylic acids is 1. The van der Waals surface area contributed by atoms with Crippen molar-refractivity contribution in [1.82, 2.24) is 0 Å². The standard InChI is InChI=1S/C32H34O11/c1-6-15-8-18-19(9-16(15)7-2)29(43-32-28(35)27(34)30-23(42-32)13-39-14(3)41-30)20-12-40-31(36)25(20)24(18)17-10-21(37-4)26(33)22(11-17)38-5/h6-11,14,20,23,25,27-28,30,32-35H,1-2,12-13H2,3-5H3/t14-,20+,23-,25+,27-,28-,30-,32+/m1/s1. The van der Waals surface area contributed by atoms with E-state index in [4.69, 9.17) is 33.2 Å². The fourth-order valence-corrected chi connectivity index (χ4v) is 6.31. The maximum atomic E-state index is 13.4. The van der Waals surface area contributed by atoms with Gasteiger partial charge in [0.2, 0.25) is 12.0 Å². The van der Waals surface area contributed by atoms with E-state index in [9.17, 15) is 20.1 Å². The Morgan fingerprint density at radius 3 is 2.21 bits per heavy atom. The summed E-state index contributed by atoms with van der Waals surface area (Å²) in [5.41, 5.74) is 2.69. The van der Waals surface area contributed by atoms with Gasteiger partial charge in [-0.3, -0.25) is 4.79 Å². The first kappa shape index (κ1) is 29.2. The van der Waals surface area contributed by atoms with E-state index in [-0.39, 0.29) is 30.5 Å². The van der Waals surface area contributed by atoms with Gasteiger partial charge >= 0.3 is 5.97 Å². The number of esters is 1. The van der Waals surface area contributed by atoms with Gasteiger partial charge in [0.05, 0.1) is 32.7 Å². The van der Waals surface area contributed by atoms with Gasteiger partial charge in [-0.2, -0.15) is 0 Å². The summed E-state index contributed by atoms with van der Waals surface area (Å²) < 4.78 is 40.1. The lowest BCUT2D eigenvalue weighted by Gasteiger charge is -2.46. The fraction of sp³-hybridized carbons (Fsp3) is 0.406. The molecule has 4 aliphatic rings. The third kappa shape index (κ3) is 4.77. The predicted molar refractivity (Wildman–Crippen MR) is 153 cm³/mol. The number of phenols is 1. The number of aromatic hydroxyl groups is 1. The molecule has 11 nitrogen and oxygen atoms in total. The summed E-state index contributed by atoms with van der Waals surface area (Å²) in [5, 5.41) is 33.8. The molecular weight excluding hydrogens is 560 g/mol. The van der Waals surface area contributed by atoms with Crippen LogP contribution in [0.1, 0.15) is 23.6 Å². The van der Waals surface area contributed by atoms with Crippen molar-refractivity contribution in [2.45, 2.75) is 43.9 Å². The topological polar surface area (TPSA) is 142 Å². The van der Waals surface area contributed by atoms with Gasteiger partial charge in [0, 0.05) is 5.22 Å². The van der Waals surface area contributed by atoms with E-state index in [0.717, 1.165) is 11.1 Å². The van der Waals surface area contributed by atoms with Crippen molar-refractivity contribution in [2.24, 2.45) is 11.8 Å². The summed E-state index contributed by atoms with van der Waals surface area (Å²) in [7, 11) is 2.85. The molecule has 0 radical (unpaired) electrons. The molecule has 0 aromatic heterocycles. The van der Waals surface area contributed by atoms with Gasteiger partial charge in [-0.1, -0.05) is 25.3 Å². The number of fused-ring (bicyclic) bond motifs is 3. The van der Waals surface area contributed by atoms with Gasteiger partial charge in [-0.25, -0.2) is 0 Å². The minimum atomic E-state index is -1.46. The molecule has 2 aromatic carbocycles. The molecule has 1 aliphatic carbocycles. The van der Waals surface area contributed by atoms with Crippen LogP contribution in [0.15, 0.2) is 37.4 Å². The highest BCUT2D eigenvalue weighted by molar-refractivity contribution is 5.94. The van der Waals surface area contributed by atoms with Crippen molar-refractivity contribution >= 4 is 29.5 Å². The highest BCUT2D eigenvalue weighted by Gasteiger charge is 2.51. The highest BCUT2D eigenvalue weighted by Crippen LogP contribution is 2.45. The zero-order valence-electron chi connectivity index (χ0n) is 24.0. The maximum absolute atomic E-state index is 13.4. The molecule has 0 amide bonds. The first-order valence-corrected chi connectivity index (χ1v) is 13.9. The Bertz CT molecular complexity index is 1570. The van der Waals surface area contributed by atoms with Gasteiger partial charge in [-0.15, -0.1) is 0 Å². The van der Waals surface area contributed by atoms with E-state index in [1.54, 1.807) is 31.2 Å². The molecule has 8 atom stereocenters.